The summed E-state index contributed by atoms with van der Waals surface area (Å²) in [5.74, 6) is 1.60. The molecule has 0 bridgehead atoms. The van der Waals surface area contributed by atoms with E-state index in [0.29, 0.717) is 33.4 Å². The lowest BCUT2D eigenvalue weighted by Crippen LogP contribution is -2.18. The van der Waals surface area contributed by atoms with Crippen molar-refractivity contribution >= 4 is 22.9 Å². The third-order valence-corrected chi connectivity index (χ3v) is 4.13. The van der Waals surface area contributed by atoms with E-state index in [1.54, 1.807) is 19.2 Å². The quantitative estimate of drug-likeness (QED) is 0.795. The zero-order valence-corrected chi connectivity index (χ0v) is 13.5. The molecule has 0 aromatic heterocycles. The molecule has 1 aliphatic heterocycles. The van der Waals surface area contributed by atoms with E-state index in [9.17, 15) is 4.79 Å². The monoisotopic (exact) mass is 330 g/mol. The maximum absolute atomic E-state index is 11.6. The van der Waals surface area contributed by atoms with Gasteiger partial charge in [-0.25, -0.2) is 0 Å². The number of halogens is 1. The standard InChI is InChI=1S/C18H15ClO4/c1-21-12-8-14(22-2)16-15(9-12)23-18(13(10-20)17(16)19)11-6-4-3-5-7-11/h3-10,18H,1-2H3. The van der Waals surface area contributed by atoms with Crippen LogP contribution >= 0.6 is 11.6 Å². The van der Waals surface area contributed by atoms with Gasteiger partial charge in [-0.3, -0.25) is 4.79 Å². The molecule has 3 rings (SSSR count). The minimum absolute atomic E-state index is 0.328. The molecule has 0 N–H and O–H groups in total. The van der Waals surface area contributed by atoms with E-state index >= 15 is 0 Å². The second-order valence-electron chi connectivity index (χ2n) is 5.00. The van der Waals surface area contributed by atoms with Gasteiger partial charge in [0.25, 0.3) is 0 Å². The molecule has 0 aliphatic carbocycles. The van der Waals surface area contributed by atoms with Crippen molar-refractivity contribution in [3.05, 3.63) is 59.2 Å². The van der Waals surface area contributed by atoms with E-state index in [4.69, 9.17) is 25.8 Å². The lowest BCUT2D eigenvalue weighted by molar-refractivity contribution is -0.105. The van der Waals surface area contributed by atoms with E-state index in [1.165, 1.54) is 7.11 Å². The first-order valence-electron chi connectivity index (χ1n) is 7.02. The van der Waals surface area contributed by atoms with Crippen LogP contribution in [0.2, 0.25) is 0 Å². The minimum Gasteiger partial charge on any atom is -0.496 e. The lowest BCUT2D eigenvalue weighted by Gasteiger charge is -2.28. The number of benzene rings is 2. The summed E-state index contributed by atoms with van der Waals surface area (Å²) in [7, 11) is 3.09. The molecular formula is C18H15ClO4. The molecule has 0 fully saturated rings. The Hall–Kier alpha value is -2.46. The summed E-state index contributed by atoms with van der Waals surface area (Å²) in [4.78, 5) is 11.6. The van der Waals surface area contributed by atoms with Crippen LogP contribution in [0.3, 0.4) is 0 Å². The Morgan fingerprint density at radius 1 is 1.13 bits per heavy atom. The fourth-order valence-electron chi connectivity index (χ4n) is 2.59. The summed E-state index contributed by atoms with van der Waals surface area (Å²) in [6, 6.07) is 12.9. The Bertz CT molecular complexity index is 768. The van der Waals surface area contributed by atoms with Crippen LogP contribution in [0.5, 0.6) is 17.2 Å². The highest BCUT2D eigenvalue weighted by molar-refractivity contribution is 6.51. The molecule has 0 amide bonds. The fraction of sp³-hybridized carbons (Fsp3) is 0.167. The zero-order chi connectivity index (χ0) is 16.4. The van der Waals surface area contributed by atoms with Crippen LogP contribution in [-0.4, -0.2) is 20.5 Å². The van der Waals surface area contributed by atoms with Crippen LogP contribution in [-0.2, 0) is 4.79 Å². The Morgan fingerprint density at radius 2 is 1.87 bits per heavy atom. The van der Waals surface area contributed by atoms with Gasteiger partial charge in [-0.05, 0) is 5.56 Å². The van der Waals surface area contributed by atoms with E-state index in [1.807, 2.05) is 30.3 Å². The molecule has 0 radical (unpaired) electrons. The van der Waals surface area contributed by atoms with Crippen molar-refractivity contribution in [2.24, 2.45) is 0 Å². The van der Waals surface area contributed by atoms with Crippen molar-refractivity contribution in [1.82, 2.24) is 0 Å². The normalized spacial score (nSPS) is 16.4. The topological polar surface area (TPSA) is 44.8 Å². The molecule has 118 valence electrons. The molecule has 4 nitrogen and oxygen atoms in total. The molecule has 0 saturated carbocycles. The van der Waals surface area contributed by atoms with Crippen molar-refractivity contribution in [1.29, 1.82) is 0 Å². The molecular weight excluding hydrogens is 316 g/mol. The predicted molar refractivity (Wildman–Crippen MR) is 88.2 cm³/mol. The highest BCUT2D eigenvalue weighted by atomic mass is 35.5. The number of hydrogen-bond acceptors (Lipinski definition) is 4. The van der Waals surface area contributed by atoms with Crippen LogP contribution in [0.15, 0.2) is 48.0 Å². The maximum atomic E-state index is 11.6. The molecule has 1 unspecified atom stereocenters. The van der Waals surface area contributed by atoms with Crippen molar-refractivity contribution < 1.29 is 19.0 Å². The fourth-order valence-corrected chi connectivity index (χ4v) is 2.92. The molecule has 1 aliphatic rings. The maximum Gasteiger partial charge on any atom is 0.153 e. The van der Waals surface area contributed by atoms with Crippen molar-refractivity contribution in [3.63, 3.8) is 0 Å². The molecule has 1 heterocycles. The highest BCUT2D eigenvalue weighted by Crippen LogP contribution is 2.48. The van der Waals surface area contributed by atoms with Crippen molar-refractivity contribution in [3.8, 4) is 17.2 Å². The molecule has 23 heavy (non-hydrogen) atoms. The second-order valence-corrected chi connectivity index (χ2v) is 5.38. The number of methoxy groups -OCH3 is 2. The van der Waals surface area contributed by atoms with Gasteiger partial charge in [0.15, 0.2) is 12.4 Å². The number of hydrogen-bond donors (Lipinski definition) is 0. The van der Waals surface area contributed by atoms with Crippen molar-refractivity contribution in [2.75, 3.05) is 14.2 Å². The van der Waals surface area contributed by atoms with Gasteiger partial charge < -0.3 is 14.2 Å². The first-order chi connectivity index (χ1) is 11.2. The van der Waals surface area contributed by atoms with E-state index in [0.717, 1.165) is 11.8 Å². The van der Waals surface area contributed by atoms with Crippen LogP contribution in [0, 0.1) is 0 Å². The summed E-state index contributed by atoms with van der Waals surface area (Å²) in [5, 5.41) is 0.328. The van der Waals surface area contributed by atoms with Gasteiger partial charge in [0.1, 0.15) is 17.2 Å². The average Bonchev–Trinajstić information content (AvgIpc) is 2.61. The largest absolute Gasteiger partial charge is 0.496 e. The molecule has 0 saturated heterocycles. The van der Waals surface area contributed by atoms with Gasteiger partial charge in [0.05, 0.1) is 30.4 Å². The minimum atomic E-state index is -0.564. The zero-order valence-electron chi connectivity index (χ0n) is 12.7. The van der Waals surface area contributed by atoms with Crippen LogP contribution in [0.1, 0.15) is 17.2 Å². The average molecular weight is 331 g/mol. The van der Waals surface area contributed by atoms with Gasteiger partial charge >= 0.3 is 0 Å². The summed E-state index contributed by atoms with van der Waals surface area (Å²) in [6.45, 7) is 0. The third kappa shape index (κ3) is 2.66. The van der Waals surface area contributed by atoms with E-state index in [2.05, 4.69) is 0 Å². The van der Waals surface area contributed by atoms with Gasteiger partial charge in [-0.1, -0.05) is 41.9 Å². The molecule has 0 spiro atoms. The predicted octanol–water partition coefficient (Wildman–Crippen LogP) is 3.99. The summed E-state index contributed by atoms with van der Waals surface area (Å²) in [6.07, 6.45) is 0.164. The first kappa shape index (κ1) is 15.4. The molecule has 1 atom stereocenters. The first-order valence-corrected chi connectivity index (χ1v) is 7.40. The second kappa shape index (κ2) is 6.34. The smallest absolute Gasteiger partial charge is 0.153 e. The third-order valence-electron chi connectivity index (χ3n) is 3.72. The Morgan fingerprint density at radius 3 is 2.48 bits per heavy atom. The van der Waals surface area contributed by atoms with Gasteiger partial charge in [0.2, 0.25) is 0 Å². The lowest BCUT2D eigenvalue weighted by atomic mass is 9.96. The number of fused-ring (bicyclic) bond motifs is 1. The molecule has 2 aromatic carbocycles. The van der Waals surface area contributed by atoms with Crippen LogP contribution in [0.25, 0.3) is 5.03 Å². The summed E-state index contributed by atoms with van der Waals surface area (Å²) in [5.41, 5.74) is 1.78. The van der Waals surface area contributed by atoms with E-state index < -0.39 is 6.10 Å². The van der Waals surface area contributed by atoms with Crippen LogP contribution in [0.4, 0.5) is 0 Å². The summed E-state index contributed by atoms with van der Waals surface area (Å²) < 4.78 is 16.7. The summed E-state index contributed by atoms with van der Waals surface area (Å²) >= 11 is 6.48. The van der Waals surface area contributed by atoms with Crippen LogP contribution < -0.4 is 14.2 Å². The van der Waals surface area contributed by atoms with Gasteiger partial charge in [0, 0.05) is 12.1 Å². The van der Waals surface area contributed by atoms with Gasteiger partial charge in [-0.2, -0.15) is 0 Å². The highest BCUT2D eigenvalue weighted by Gasteiger charge is 2.31. The number of aldehydes is 1. The molecule has 2 aromatic rings. The van der Waals surface area contributed by atoms with E-state index in [-0.39, 0.29) is 0 Å². The number of ether oxygens (including phenoxy) is 3. The van der Waals surface area contributed by atoms with Crippen molar-refractivity contribution in [2.45, 2.75) is 6.10 Å². The Labute approximate surface area is 139 Å². The van der Waals surface area contributed by atoms with Gasteiger partial charge in [-0.15, -0.1) is 0 Å². The molecule has 5 heteroatoms. The number of carbonyl (C=O) groups is 1. The number of rotatable bonds is 4. The SMILES string of the molecule is COc1cc(OC)c2c(c1)OC(c1ccccc1)C(C=O)=C2Cl. The Balaban J connectivity index is 2.20. The number of carbonyl (C=O) groups excluding carboxylic acids is 1. The Kier molecular flexibility index (Phi) is 4.26.